The van der Waals surface area contributed by atoms with Crippen LogP contribution in [0.4, 0.5) is 0 Å². The molecule has 0 saturated carbocycles. The van der Waals surface area contributed by atoms with Crippen molar-refractivity contribution in [2.24, 2.45) is 0 Å². The minimum absolute atomic E-state index is 0.00440. The van der Waals surface area contributed by atoms with Gasteiger partial charge in [0.25, 0.3) is 0 Å². The fourth-order valence-electron chi connectivity index (χ4n) is 1.99. The average molecular weight is 213 g/mol. The molecule has 1 aliphatic heterocycles. The summed E-state index contributed by atoms with van der Waals surface area (Å²) in [6, 6.07) is -0.580. The van der Waals surface area contributed by atoms with E-state index in [1.807, 2.05) is 0 Å². The van der Waals surface area contributed by atoms with Crippen LogP contribution in [0.3, 0.4) is 0 Å². The number of rotatable bonds is 5. The molecule has 0 aliphatic carbocycles. The minimum Gasteiger partial charge on any atom is -0.480 e. The van der Waals surface area contributed by atoms with Gasteiger partial charge in [0.2, 0.25) is 5.91 Å². The van der Waals surface area contributed by atoms with Gasteiger partial charge in [0.05, 0.1) is 0 Å². The standard InChI is InChI=1S/C11H19NO3/c1-2-3-4-8-12-9(11(14)15)6-5-7-10(12)13/h9H,2-8H2,1H3,(H,14,15). The fraction of sp³-hybridized carbons (Fsp3) is 0.818. The predicted octanol–water partition coefficient (Wildman–Crippen LogP) is 1.64. The summed E-state index contributed by atoms with van der Waals surface area (Å²) in [5.74, 6) is -0.857. The van der Waals surface area contributed by atoms with E-state index >= 15 is 0 Å². The molecule has 1 fully saturated rings. The minimum atomic E-state index is -0.862. The summed E-state index contributed by atoms with van der Waals surface area (Å²) in [6.45, 7) is 2.69. The van der Waals surface area contributed by atoms with Gasteiger partial charge in [0.15, 0.2) is 0 Å². The molecule has 1 heterocycles. The maximum absolute atomic E-state index is 11.6. The number of carboxylic acids is 1. The van der Waals surface area contributed by atoms with Crippen LogP contribution in [0.25, 0.3) is 0 Å². The molecule has 0 bridgehead atoms. The van der Waals surface area contributed by atoms with Gasteiger partial charge in [-0.1, -0.05) is 19.8 Å². The van der Waals surface area contributed by atoms with Gasteiger partial charge in [-0.3, -0.25) is 4.79 Å². The number of hydrogen-bond acceptors (Lipinski definition) is 2. The lowest BCUT2D eigenvalue weighted by molar-refractivity contribution is -0.153. The second kappa shape index (κ2) is 5.73. The zero-order chi connectivity index (χ0) is 11.3. The van der Waals surface area contributed by atoms with E-state index in [0.717, 1.165) is 19.3 Å². The maximum atomic E-state index is 11.6. The topological polar surface area (TPSA) is 57.6 Å². The van der Waals surface area contributed by atoms with Crippen LogP contribution in [0.2, 0.25) is 0 Å². The fourth-order valence-corrected chi connectivity index (χ4v) is 1.99. The summed E-state index contributed by atoms with van der Waals surface area (Å²) in [5.41, 5.74) is 0. The van der Waals surface area contributed by atoms with Crippen LogP contribution in [0.5, 0.6) is 0 Å². The van der Waals surface area contributed by atoms with Crippen molar-refractivity contribution in [1.29, 1.82) is 0 Å². The highest BCUT2D eigenvalue weighted by Gasteiger charge is 2.32. The second-order valence-electron chi connectivity index (χ2n) is 4.04. The molecule has 0 aromatic heterocycles. The van der Waals surface area contributed by atoms with E-state index < -0.39 is 12.0 Å². The van der Waals surface area contributed by atoms with Gasteiger partial charge in [0, 0.05) is 13.0 Å². The third kappa shape index (κ3) is 3.22. The van der Waals surface area contributed by atoms with Crippen molar-refractivity contribution in [3.63, 3.8) is 0 Å². The lowest BCUT2D eigenvalue weighted by atomic mass is 10.0. The number of aliphatic carboxylic acids is 1. The molecule has 1 saturated heterocycles. The highest BCUT2D eigenvalue weighted by atomic mass is 16.4. The van der Waals surface area contributed by atoms with Crippen LogP contribution in [0, 0.1) is 0 Å². The molecule has 1 rings (SSSR count). The molecule has 1 aliphatic rings. The molecule has 0 spiro atoms. The number of unbranched alkanes of at least 4 members (excludes halogenated alkanes) is 2. The number of piperidine rings is 1. The Kier molecular flexibility index (Phi) is 4.59. The van der Waals surface area contributed by atoms with Gasteiger partial charge in [-0.15, -0.1) is 0 Å². The molecule has 4 heteroatoms. The number of carboxylic acid groups (broad SMARTS) is 1. The van der Waals surface area contributed by atoms with Gasteiger partial charge in [-0.2, -0.15) is 0 Å². The first-order valence-corrected chi connectivity index (χ1v) is 5.69. The van der Waals surface area contributed by atoms with E-state index in [9.17, 15) is 9.59 Å². The third-order valence-corrected chi connectivity index (χ3v) is 2.85. The van der Waals surface area contributed by atoms with Crippen molar-refractivity contribution in [3.05, 3.63) is 0 Å². The highest BCUT2D eigenvalue weighted by Crippen LogP contribution is 2.19. The summed E-state index contributed by atoms with van der Waals surface area (Å²) in [7, 11) is 0. The highest BCUT2D eigenvalue weighted by molar-refractivity contribution is 5.84. The lowest BCUT2D eigenvalue weighted by Gasteiger charge is -2.32. The second-order valence-corrected chi connectivity index (χ2v) is 4.04. The molecule has 15 heavy (non-hydrogen) atoms. The first-order chi connectivity index (χ1) is 7.16. The third-order valence-electron chi connectivity index (χ3n) is 2.85. The van der Waals surface area contributed by atoms with E-state index in [0.29, 0.717) is 25.8 Å². The maximum Gasteiger partial charge on any atom is 0.326 e. The van der Waals surface area contributed by atoms with Crippen LogP contribution < -0.4 is 0 Å². The molecular formula is C11H19NO3. The van der Waals surface area contributed by atoms with E-state index in [1.54, 1.807) is 4.90 Å². The Hall–Kier alpha value is -1.06. The van der Waals surface area contributed by atoms with Crippen molar-refractivity contribution in [3.8, 4) is 0 Å². The summed E-state index contributed by atoms with van der Waals surface area (Å²) in [6.07, 6.45) is 4.87. The quantitative estimate of drug-likeness (QED) is 0.706. The summed E-state index contributed by atoms with van der Waals surface area (Å²) >= 11 is 0. The molecule has 1 atom stereocenters. The van der Waals surface area contributed by atoms with E-state index in [2.05, 4.69) is 6.92 Å². The normalized spacial score (nSPS) is 21.8. The molecule has 86 valence electrons. The first-order valence-electron chi connectivity index (χ1n) is 5.69. The molecule has 4 nitrogen and oxygen atoms in total. The molecule has 1 N–H and O–H groups in total. The molecule has 0 aromatic carbocycles. The Labute approximate surface area is 90.3 Å². The van der Waals surface area contributed by atoms with Gasteiger partial charge in [-0.25, -0.2) is 4.79 Å². The number of hydrogen-bond donors (Lipinski definition) is 1. The number of amides is 1. The van der Waals surface area contributed by atoms with E-state index in [4.69, 9.17) is 5.11 Å². The Morgan fingerprint density at radius 2 is 2.27 bits per heavy atom. The van der Waals surface area contributed by atoms with E-state index in [1.165, 1.54) is 0 Å². The Morgan fingerprint density at radius 3 is 2.87 bits per heavy atom. The molecule has 1 unspecified atom stereocenters. The van der Waals surface area contributed by atoms with Crippen molar-refractivity contribution in [2.45, 2.75) is 51.5 Å². The predicted molar refractivity (Wildman–Crippen MR) is 56.5 cm³/mol. The summed E-state index contributed by atoms with van der Waals surface area (Å²) in [5, 5.41) is 8.99. The molecule has 0 aromatic rings. The summed E-state index contributed by atoms with van der Waals surface area (Å²) < 4.78 is 0. The van der Waals surface area contributed by atoms with Crippen LogP contribution >= 0.6 is 0 Å². The molecule has 1 amide bonds. The number of nitrogens with zero attached hydrogens (tertiary/aromatic N) is 1. The van der Waals surface area contributed by atoms with Crippen molar-refractivity contribution >= 4 is 11.9 Å². The van der Waals surface area contributed by atoms with Crippen molar-refractivity contribution in [2.75, 3.05) is 6.54 Å². The van der Waals surface area contributed by atoms with Crippen LogP contribution in [0.15, 0.2) is 0 Å². The van der Waals surface area contributed by atoms with Gasteiger partial charge < -0.3 is 10.0 Å². The van der Waals surface area contributed by atoms with Crippen LogP contribution in [0.1, 0.15) is 45.4 Å². The largest absolute Gasteiger partial charge is 0.480 e. The first kappa shape index (κ1) is 12.0. The number of carbonyl (C=O) groups excluding carboxylic acids is 1. The molecule has 0 radical (unpaired) electrons. The average Bonchev–Trinajstić information content (AvgIpc) is 2.20. The Balaban J connectivity index is 2.52. The monoisotopic (exact) mass is 213 g/mol. The van der Waals surface area contributed by atoms with Crippen LogP contribution in [-0.2, 0) is 9.59 Å². The summed E-state index contributed by atoms with van der Waals surface area (Å²) in [4.78, 5) is 24.1. The molecular weight excluding hydrogens is 194 g/mol. The zero-order valence-corrected chi connectivity index (χ0v) is 9.24. The Bertz CT molecular complexity index is 240. The van der Waals surface area contributed by atoms with Crippen LogP contribution in [-0.4, -0.2) is 34.5 Å². The van der Waals surface area contributed by atoms with Crippen molar-refractivity contribution in [1.82, 2.24) is 4.90 Å². The SMILES string of the molecule is CCCCCN1C(=O)CCCC1C(=O)O. The number of carbonyl (C=O) groups is 2. The van der Waals surface area contributed by atoms with Crippen molar-refractivity contribution < 1.29 is 14.7 Å². The van der Waals surface area contributed by atoms with Gasteiger partial charge in [-0.05, 0) is 19.3 Å². The lowest BCUT2D eigenvalue weighted by Crippen LogP contribution is -2.48. The van der Waals surface area contributed by atoms with E-state index in [-0.39, 0.29) is 5.91 Å². The van der Waals surface area contributed by atoms with Gasteiger partial charge >= 0.3 is 5.97 Å². The number of likely N-dealkylation sites (tertiary alicyclic amines) is 1. The Morgan fingerprint density at radius 1 is 1.53 bits per heavy atom. The smallest absolute Gasteiger partial charge is 0.326 e. The van der Waals surface area contributed by atoms with Gasteiger partial charge in [0.1, 0.15) is 6.04 Å². The zero-order valence-electron chi connectivity index (χ0n) is 9.24.